The largest absolute Gasteiger partial charge is 0.454 e. The van der Waals surface area contributed by atoms with Crippen molar-refractivity contribution in [3.63, 3.8) is 0 Å². The predicted octanol–water partition coefficient (Wildman–Crippen LogP) is 1.04. The minimum absolute atomic E-state index is 0.0635. The Morgan fingerprint density at radius 3 is 2.50 bits per heavy atom. The van der Waals surface area contributed by atoms with Gasteiger partial charge in [0.2, 0.25) is 0 Å². The molecule has 0 bridgehead atoms. The molecule has 0 heterocycles. The highest BCUT2D eigenvalue weighted by atomic mass is 16.5. The van der Waals surface area contributed by atoms with E-state index in [0.717, 1.165) is 5.56 Å². The zero-order valence-corrected chi connectivity index (χ0v) is 14.1. The van der Waals surface area contributed by atoms with Crippen LogP contribution in [0.25, 0.3) is 0 Å². The Bertz CT molecular complexity index is 647. The van der Waals surface area contributed by atoms with Crippen LogP contribution in [0.5, 0.6) is 0 Å². The number of carbonyl (C=O) groups is 3. The van der Waals surface area contributed by atoms with Crippen molar-refractivity contribution < 1.29 is 19.1 Å². The van der Waals surface area contributed by atoms with Crippen LogP contribution in [-0.2, 0) is 14.3 Å². The third-order valence-corrected chi connectivity index (χ3v) is 3.33. The molecule has 0 saturated heterocycles. The Kier molecular flexibility index (Phi) is 7.50. The van der Waals surface area contributed by atoms with E-state index in [-0.39, 0.29) is 18.4 Å². The summed E-state index contributed by atoms with van der Waals surface area (Å²) < 4.78 is 4.96. The van der Waals surface area contributed by atoms with Crippen molar-refractivity contribution in [3.05, 3.63) is 35.4 Å². The van der Waals surface area contributed by atoms with Crippen LogP contribution >= 0.6 is 0 Å². The van der Waals surface area contributed by atoms with Crippen LogP contribution in [0, 0.1) is 25.2 Å². The first-order valence-corrected chi connectivity index (χ1v) is 7.60. The van der Waals surface area contributed by atoms with Crippen molar-refractivity contribution >= 4 is 17.8 Å². The summed E-state index contributed by atoms with van der Waals surface area (Å²) in [5.41, 5.74) is 1.29. The molecule has 0 fully saturated rings. The van der Waals surface area contributed by atoms with Gasteiger partial charge in [0.05, 0.1) is 6.54 Å². The second-order valence-electron chi connectivity index (χ2n) is 5.60. The van der Waals surface area contributed by atoms with E-state index in [9.17, 15) is 14.4 Å². The fourth-order valence-electron chi connectivity index (χ4n) is 1.97. The van der Waals surface area contributed by atoms with Crippen LogP contribution in [0.2, 0.25) is 0 Å². The number of aryl methyl sites for hydroxylation is 1. The molecule has 2 amide bonds. The van der Waals surface area contributed by atoms with Gasteiger partial charge in [-0.15, -0.1) is 6.42 Å². The number of carbonyl (C=O) groups excluding carboxylic acids is 3. The van der Waals surface area contributed by atoms with Crippen molar-refractivity contribution in [3.8, 4) is 12.3 Å². The molecule has 6 heteroatoms. The van der Waals surface area contributed by atoms with Crippen LogP contribution in [0.1, 0.15) is 29.8 Å². The zero-order chi connectivity index (χ0) is 18.1. The summed E-state index contributed by atoms with van der Waals surface area (Å²) in [5.74, 6) is 0.536. The van der Waals surface area contributed by atoms with Crippen LogP contribution in [0.15, 0.2) is 24.3 Å². The fraction of sp³-hybridized carbons (Fsp3) is 0.389. The Balaban J connectivity index is 2.68. The smallest absolute Gasteiger partial charge is 0.329 e. The van der Waals surface area contributed by atoms with E-state index >= 15 is 0 Å². The number of benzene rings is 1. The van der Waals surface area contributed by atoms with E-state index < -0.39 is 24.5 Å². The van der Waals surface area contributed by atoms with E-state index in [1.165, 1.54) is 0 Å². The van der Waals surface area contributed by atoms with Gasteiger partial charge in [0.15, 0.2) is 6.61 Å². The third-order valence-electron chi connectivity index (χ3n) is 3.33. The standard InChI is InChI=1S/C18H22N2O4/c1-5-10-19-15(21)11-24-18(23)16(12(2)3)20-17(22)14-9-7-6-8-13(14)4/h1,6-9,12,16H,10-11H2,2-4H3,(H,19,21)(H,20,22)/t16-/m0/s1. The molecule has 1 aromatic carbocycles. The Morgan fingerprint density at radius 1 is 1.25 bits per heavy atom. The molecule has 0 aliphatic carbocycles. The number of amides is 2. The molecule has 0 aromatic heterocycles. The molecular formula is C18H22N2O4. The second-order valence-corrected chi connectivity index (χ2v) is 5.60. The number of hydrogen-bond acceptors (Lipinski definition) is 4. The third kappa shape index (κ3) is 5.76. The van der Waals surface area contributed by atoms with E-state index in [0.29, 0.717) is 5.56 Å². The maximum Gasteiger partial charge on any atom is 0.329 e. The molecule has 0 saturated carbocycles. The molecule has 2 N–H and O–H groups in total. The number of terminal acetylenes is 1. The van der Waals surface area contributed by atoms with Gasteiger partial charge in [0, 0.05) is 5.56 Å². The summed E-state index contributed by atoms with van der Waals surface area (Å²) in [5, 5.41) is 5.05. The minimum atomic E-state index is -0.850. The lowest BCUT2D eigenvalue weighted by molar-refractivity contribution is -0.151. The number of hydrogen-bond donors (Lipinski definition) is 2. The molecule has 6 nitrogen and oxygen atoms in total. The number of nitrogens with one attached hydrogen (secondary N) is 2. The number of rotatable bonds is 7. The number of ether oxygens (including phenoxy) is 1. The molecule has 24 heavy (non-hydrogen) atoms. The van der Waals surface area contributed by atoms with Crippen LogP contribution < -0.4 is 10.6 Å². The first-order chi connectivity index (χ1) is 11.4. The highest BCUT2D eigenvalue weighted by molar-refractivity contribution is 5.98. The highest BCUT2D eigenvalue weighted by Gasteiger charge is 2.27. The average Bonchev–Trinajstić information content (AvgIpc) is 2.55. The maximum atomic E-state index is 12.3. The van der Waals surface area contributed by atoms with Gasteiger partial charge in [-0.25, -0.2) is 4.79 Å². The Morgan fingerprint density at radius 2 is 1.92 bits per heavy atom. The van der Waals surface area contributed by atoms with E-state index in [1.54, 1.807) is 26.0 Å². The first kappa shape index (κ1) is 19.2. The maximum absolute atomic E-state index is 12.3. The lowest BCUT2D eigenvalue weighted by Gasteiger charge is -2.21. The van der Waals surface area contributed by atoms with Crippen LogP contribution in [-0.4, -0.2) is 37.0 Å². The zero-order valence-electron chi connectivity index (χ0n) is 14.1. The van der Waals surface area contributed by atoms with Gasteiger partial charge >= 0.3 is 5.97 Å². The van der Waals surface area contributed by atoms with Gasteiger partial charge in [-0.1, -0.05) is 38.0 Å². The van der Waals surface area contributed by atoms with Gasteiger partial charge in [0.1, 0.15) is 6.04 Å². The molecule has 0 unspecified atom stereocenters. The van der Waals surface area contributed by atoms with Crippen molar-refractivity contribution in [1.29, 1.82) is 0 Å². The van der Waals surface area contributed by atoms with Gasteiger partial charge < -0.3 is 15.4 Å². The van der Waals surface area contributed by atoms with E-state index in [4.69, 9.17) is 11.2 Å². The molecule has 0 radical (unpaired) electrons. The molecular weight excluding hydrogens is 308 g/mol. The van der Waals surface area contributed by atoms with Crippen molar-refractivity contribution in [2.45, 2.75) is 26.8 Å². The van der Waals surface area contributed by atoms with Gasteiger partial charge in [-0.05, 0) is 24.5 Å². The quantitative estimate of drug-likeness (QED) is 0.578. The Hall–Kier alpha value is -2.81. The number of esters is 1. The lowest BCUT2D eigenvalue weighted by atomic mass is 10.0. The average molecular weight is 330 g/mol. The van der Waals surface area contributed by atoms with Gasteiger partial charge in [-0.2, -0.15) is 0 Å². The lowest BCUT2D eigenvalue weighted by Crippen LogP contribution is -2.46. The topological polar surface area (TPSA) is 84.5 Å². The molecule has 1 aromatic rings. The predicted molar refractivity (Wildman–Crippen MR) is 90.1 cm³/mol. The molecule has 0 spiro atoms. The van der Waals surface area contributed by atoms with Gasteiger partial charge in [-0.3, -0.25) is 9.59 Å². The van der Waals surface area contributed by atoms with Crippen LogP contribution in [0.4, 0.5) is 0 Å². The summed E-state index contributed by atoms with van der Waals surface area (Å²) >= 11 is 0. The summed E-state index contributed by atoms with van der Waals surface area (Å²) in [4.78, 5) is 35.9. The van der Waals surface area contributed by atoms with E-state index in [2.05, 4.69) is 16.6 Å². The summed E-state index contributed by atoms with van der Waals surface area (Å²) in [6.07, 6.45) is 5.02. The molecule has 1 rings (SSSR count). The fourth-order valence-corrected chi connectivity index (χ4v) is 1.97. The Labute approximate surface area is 142 Å². The van der Waals surface area contributed by atoms with Crippen molar-refractivity contribution in [2.24, 2.45) is 5.92 Å². The van der Waals surface area contributed by atoms with Gasteiger partial charge in [0.25, 0.3) is 11.8 Å². The summed E-state index contributed by atoms with van der Waals surface area (Å²) in [6, 6.07) is 6.22. The monoisotopic (exact) mass is 330 g/mol. The SMILES string of the molecule is C#CCNC(=O)COC(=O)[C@@H](NC(=O)c1ccccc1C)C(C)C. The first-order valence-electron chi connectivity index (χ1n) is 7.60. The summed E-state index contributed by atoms with van der Waals surface area (Å²) in [7, 11) is 0. The highest BCUT2D eigenvalue weighted by Crippen LogP contribution is 2.10. The minimum Gasteiger partial charge on any atom is -0.454 e. The molecule has 128 valence electrons. The van der Waals surface area contributed by atoms with E-state index in [1.807, 2.05) is 19.1 Å². The van der Waals surface area contributed by atoms with Crippen LogP contribution in [0.3, 0.4) is 0 Å². The summed E-state index contributed by atoms with van der Waals surface area (Å²) in [6.45, 7) is 5.00. The van der Waals surface area contributed by atoms with Crippen molar-refractivity contribution in [2.75, 3.05) is 13.2 Å². The van der Waals surface area contributed by atoms with Crippen molar-refractivity contribution in [1.82, 2.24) is 10.6 Å². The molecule has 1 atom stereocenters. The second kappa shape index (κ2) is 9.36. The normalized spacial score (nSPS) is 11.3. The molecule has 0 aliphatic rings. The molecule has 0 aliphatic heterocycles.